The lowest BCUT2D eigenvalue weighted by molar-refractivity contribution is 0.319. The second-order valence-corrected chi connectivity index (χ2v) is 8.02. The Morgan fingerprint density at radius 1 is 1.22 bits per heavy atom. The van der Waals surface area contributed by atoms with Gasteiger partial charge in [-0.15, -0.1) is 11.3 Å². The van der Waals surface area contributed by atoms with E-state index in [0.29, 0.717) is 34.0 Å². The van der Waals surface area contributed by atoms with Crippen LogP contribution in [0.5, 0.6) is 5.75 Å². The molecule has 0 bridgehead atoms. The van der Waals surface area contributed by atoms with Crippen molar-refractivity contribution in [2.24, 2.45) is 0 Å². The summed E-state index contributed by atoms with van der Waals surface area (Å²) in [6, 6.07) is 12.8. The van der Waals surface area contributed by atoms with Gasteiger partial charge >= 0.3 is 0 Å². The highest BCUT2D eigenvalue weighted by Gasteiger charge is 2.12. The van der Waals surface area contributed by atoms with Crippen LogP contribution in [0.15, 0.2) is 57.8 Å². The van der Waals surface area contributed by atoms with Crippen LogP contribution in [0.1, 0.15) is 6.42 Å². The lowest BCUT2D eigenvalue weighted by atomic mass is 10.3. The number of thioether (sulfide) groups is 1. The Labute approximate surface area is 168 Å². The first-order chi connectivity index (χ1) is 13.2. The van der Waals surface area contributed by atoms with Crippen molar-refractivity contribution in [2.45, 2.75) is 11.6 Å². The number of nitrogens with zero attached hydrogens (tertiary/aromatic N) is 3. The molecule has 138 valence electrons. The third kappa shape index (κ3) is 4.18. The van der Waals surface area contributed by atoms with Gasteiger partial charge in [-0.1, -0.05) is 41.6 Å². The standard InChI is InChI=1S/C18H15ClN4O2S2/c19-12-5-1-2-6-13(12)25-8-4-10-27-18-21-17(14-7-3-9-26-14)20-15-11-16(24)22-23(15)18/h1-3,5-7,9,11H,4,8,10H2,(H,22,24). The number of H-pyrrole nitrogens is 1. The number of nitrogens with one attached hydrogen (secondary N) is 1. The molecule has 0 aliphatic carbocycles. The van der Waals surface area contributed by atoms with Gasteiger partial charge in [-0.3, -0.25) is 9.89 Å². The molecule has 9 heteroatoms. The number of aromatic amines is 1. The summed E-state index contributed by atoms with van der Waals surface area (Å²) < 4.78 is 7.33. The number of hydrogen-bond donors (Lipinski definition) is 1. The fourth-order valence-corrected chi connectivity index (χ4v) is 4.17. The third-order valence-corrected chi connectivity index (χ3v) is 5.88. The van der Waals surface area contributed by atoms with Crippen molar-refractivity contribution in [3.8, 4) is 16.5 Å². The van der Waals surface area contributed by atoms with E-state index in [1.807, 2.05) is 35.7 Å². The minimum atomic E-state index is -0.198. The van der Waals surface area contributed by atoms with Gasteiger partial charge in [0.05, 0.1) is 16.5 Å². The number of benzene rings is 1. The van der Waals surface area contributed by atoms with Crippen LogP contribution in [-0.2, 0) is 0 Å². The van der Waals surface area contributed by atoms with Crippen molar-refractivity contribution < 1.29 is 4.74 Å². The number of halogens is 1. The summed E-state index contributed by atoms with van der Waals surface area (Å²) in [6.45, 7) is 0.547. The van der Waals surface area contributed by atoms with E-state index in [-0.39, 0.29) is 5.56 Å². The molecule has 0 unspecified atom stereocenters. The molecule has 6 nitrogen and oxygen atoms in total. The van der Waals surface area contributed by atoms with Crippen LogP contribution >= 0.6 is 34.7 Å². The van der Waals surface area contributed by atoms with E-state index >= 15 is 0 Å². The van der Waals surface area contributed by atoms with Crippen molar-refractivity contribution in [2.75, 3.05) is 12.4 Å². The van der Waals surface area contributed by atoms with Crippen LogP contribution in [0.25, 0.3) is 16.3 Å². The lowest BCUT2D eigenvalue weighted by Gasteiger charge is -2.08. The Hall–Kier alpha value is -2.29. The Kier molecular flexibility index (Phi) is 5.47. The number of para-hydroxylation sites is 1. The van der Waals surface area contributed by atoms with Crippen LogP contribution < -0.4 is 10.3 Å². The van der Waals surface area contributed by atoms with E-state index in [1.54, 1.807) is 33.7 Å². The fourth-order valence-electron chi connectivity index (χ4n) is 2.46. The minimum absolute atomic E-state index is 0.198. The topological polar surface area (TPSA) is 72.3 Å². The van der Waals surface area contributed by atoms with Gasteiger partial charge in [0, 0.05) is 11.8 Å². The summed E-state index contributed by atoms with van der Waals surface area (Å²) in [5.74, 6) is 2.09. The molecule has 27 heavy (non-hydrogen) atoms. The predicted octanol–water partition coefficient (Wildman–Crippen LogP) is 4.36. The fraction of sp³-hybridized carbons (Fsp3) is 0.167. The smallest absolute Gasteiger partial charge is 0.266 e. The van der Waals surface area contributed by atoms with Gasteiger partial charge < -0.3 is 4.74 Å². The van der Waals surface area contributed by atoms with Gasteiger partial charge in [0.2, 0.25) is 0 Å². The summed E-state index contributed by atoms with van der Waals surface area (Å²) in [5.41, 5.74) is 0.366. The van der Waals surface area contributed by atoms with Gasteiger partial charge in [0.1, 0.15) is 5.75 Å². The maximum Gasteiger partial charge on any atom is 0.266 e. The zero-order chi connectivity index (χ0) is 18.6. The monoisotopic (exact) mass is 418 g/mol. The molecule has 0 saturated carbocycles. The lowest BCUT2D eigenvalue weighted by Crippen LogP contribution is -2.05. The predicted molar refractivity (Wildman–Crippen MR) is 109 cm³/mol. The highest BCUT2D eigenvalue weighted by atomic mass is 35.5. The average molecular weight is 419 g/mol. The van der Waals surface area contributed by atoms with E-state index in [0.717, 1.165) is 17.1 Å². The molecule has 4 aromatic rings. The van der Waals surface area contributed by atoms with E-state index < -0.39 is 0 Å². The molecule has 0 amide bonds. The van der Waals surface area contributed by atoms with Gasteiger partial charge in [-0.05, 0) is 30.0 Å². The van der Waals surface area contributed by atoms with Crippen molar-refractivity contribution in [3.05, 3.63) is 63.2 Å². The summed E-state index contributed by atoms with van der Waals surface area (Å²) in [4.78, 5) is 21.8. The van der Waals surface area contributed by atoms with Crippen molar-refractivity contribution in [1.82, 2.24) is 19.6 Å². The first kappa shape index (κ1) is 18.1. The van der Waals surface area contributed by atoms with Crippen molar-refractivity contribution in [1.29, 1.82) is 0 Å². The molecule has 3 aromatic heterocycles. The van der Waals surface area contributed by atoms with E-state index in [4.69, 9.17) is 16.3 Å². The average Bonchev–Trinajstić information content (AvgIpc) is 3.31. The Morgan fingerprint density at radius 2 is 2.11 bits per heavy atom. The van der Waals surface area contributed by atoms with Crippen LogP contribution in [0, 0.1) is 0 Å². The number of rotatable bonds is 7. The molecule has 0 saturated heterocycles. The quantitative estimate of drug-likeness (QED) is 0.356. The van der Waals surface area contributed by atoms with Crippen LogP contribution in [0.3, 0.4) is 0 Å². The zero-order valence-electron chi connectivity index (χ0n) is 14.1. The van der Waals surface area contributed by atoms with E-state index in [1.165, 1.54) is 6.07 Å². The second-order valence-electron chi connectivity index (χ2n) is 5.60. The minimum Gasteiger partial charge on any atom is -0.492 e. The summed E-state index contributed by atoms with van der Waals surface area (Å²) in [7, 11) is 0. The number of aromatic nitrogens is 4. The molecular weight excluding hydrogens is 404 g/mol. The summed E-state index contributed by atoms with van der Waals surface area (Å²) in [5, 5.41) is 6.02. The van der Waals surface area contributed by atoms with Gasteiger partial charge in [0.25, 0.3) is 5.56 Å². The molecule has 4 rings (SSSR count). The summed E-state index contributed by atoms with van der Waals surface area (Å²) in [6.07, 6.45) is 0.807. The molecular formula is C18H15ClN4O2S2. The van der Waals surface area contributed by atoms with E-state index in [9.17, 15) is 4.79 Å². The van der Waals surface area contributed by atoms with Crippen molar-refractivity contribution in [3.63, 3.8) is 0 Å². The summed E-state index contributed by atoms with van der Waals surface area (Å²) >= 11 is 9.20. The van der Waals surface area contributed by atoms with Crippen molar-refractivity contribution >= 4 is 40.3 Å². The maximum absolute atomic E-state index is 11.7. The van der Waals surface area contributed by atoms with Gasteiger partial charge in [-0.2, -0.15) is 0 Å². The molecule has 0 fully saturated rings. The molecule has 0 aliphatic heterocycles. The maximum atomic E-state index is 11.7. The number of fused-ring (bicyclic) bond motifs is 1. The third-order valence-electron chi connectivity index (χ3n) is 3.68. The SMILES string of the molecule is O=c1cc2nc(-c3cccs3)nc(SCCCOc3ccccc3Cl)n2[nH]1. The first-order valence-corrected chi connectivity index (χ1v) is 10.5. The number of hydrogen-bond acceptors (Lipinski definition) is 6. The van der Waals surface area contributed by atoms with Crippen LogP contribution in [0.4, 0.5) is 0 Å². The highest BCUT2D eigenvalue weighted by Crippen LogP contribution is 2.26. The number of ether oxygens (including phenoxy) is 1. The first-order valence-electron chi connectivity index (χ1n) is 8.24. The largest absolute Gasteiger partial charge is 0.492 e. The molecule has 0 aliphatic rings. The molecule has 0 atom stereocenters. The molecule has 1 N–H and O–H groups in total. The van der Waals surface area contributed by atoms with Gasteiger partial charge in [-0.25, -0.2) is 14.5 Å². The normalized spacial score (nSPS) is 11.1. The van der Waals surface area contributed by atoms with Crippen LogP contribution in [0.2, 0.25) is 5.02 Å². The molecule has 0 radical (unpaired) electrons. The second kappa shape index (κ2) is 8.16. The van der Waals surface area contributed by atoms with Gasteiger partial charge in [0.15, 0.2) is 16.6 Å². The molecule has 3 heterocycles. The zero-order valence-corrected chi connectivity index (χ0v) is 16.5. The number of thiophene rings is 1. The Balaban J connectivity index is 1.45. The Morgan fingerprint density at radius 3 is 2.93 bits per heavy atom. The van der Waals surface area contributed by atoms with Crippen LogP contribution in [-0.4, -0.2) is 31.9 Å². The highest BCUT2D eigenvalue weighted by molar-refractivity contribution is 7.99. The Bertz CT molecular complexity index is 1110. The molecule has 0 spiro atoms. The van der Waals surface area contributed by atoms with E-state index in [2.05, 4.69) is 15.1 Å². The molecule has 1 aromatic carbocycles.